The minimum atomic E-state index is 0. The van der Waals surface area contributed by atoms with Gasteiger partial charge in [0.05, 0.1) is 7.11 Å². The standard InChI is InChI=1S/C19H25N3O.HI/c1-14-9-10-17(18(11-14)23-4)13-22-19(20-3)21-12-16-8-6-5-7-15(16)2;/h5-11H,12-13H2,1-4H3,(H2,20,21,22);1H. The van der Waals surface area contributed by atoms with E-state index in [0.717, 1.165) is 23.8 Å². The van der Waals surface area contributed by atoms with Gasteiger partial charge in [0, 0.05) is 25.7 Å². The Hall–Kier alpha value is -1.76. The van der Waals surface area contributed by atoms with Gasteiger partial charge < -0.3 is 15.4 Å². The summed E-state index contributed by atoms with van der Waals surface area (Å²) in [6, 6.07) is 14.6. The van der Waals surface area contributed by atoms with Crippen LogP contribution in [0, 0.1) is 13.8 Å². The van der Waals surface area contributed by atoms with Crippen LogP contribution in [-0.4, -0.2) is 20.1 Å². The van der Waals surface area contributed by atoms with Crippen molar-refractivity contribution in [1.29, 1.82) is 0 Å². The van der Waals surface area contributed by atoms with Gasteiger partial charge in [0.15, 0.2) is 5.96 Å². The van der Waals surface area contributed by atoms with Crippen LogP contribution in [0.5, 0.6) is 5.75 Å². The van der Waals surface area contributed by atoms with E-state index in [1.54, 1.807) is 14.2 Å². The monoisotopic (exact) mass is 439 g/mol. The van der Waals surface area contributed by atoms with Crippen molar-refractivity contribution in [3.63, 3.8) is 0 Å². The van der Waals surface area contributed by atoms with E-state index in [9.17, 15) is 0 Å². The second kappa shape index (κ2) is 10.2. The van der Waals surface area contributed by atoms with Gasteiger partial charge in [-0.2, -0.15) is 0 Å². The molecule has 0 spiro atoms. The lowest BCUT2D eigenvalue weighted by atomic mass is 10.1. The Labute approximate surface area is 161 Å². The molecule has 130 valence electrons. The van der Waals surface area contributed by atoms with Crippen LogP contribution >= 0.6 is 24.0 Å². The molecule has 0 amide bonds. The molecule has 0 saturated carbocycles. The summed E-state index contributed by atoms with van der Waals surface area (Å²) in [4.78, 5) is 4.27. The number of guanidine groups is 1. The molecule has 0 aromatic heterocycles. The van der Waals surface area contributed by atoms with Crippen LogP contribution in [0.15, 0.2) is 47.5 Å². The number of nitrogens with one attached hydrogen (secondary N) is 2. The van der Waals surface area contributed by atoms with Crippen LogP contribution in [0.25, 0.3) is 0 Å². The molecule has 2 N–H and O–H groups in total. The highest BCUT2D eigenvalue weighted by Gasteiger charge is 2.05. The second-order valence-electron chi connectivity index (χ2n) is 5.52. The SMILES string of the molecule is CN=C(NCc1ccccc1C)NCc1ccc(C)cc1OC.I. The first-order valence-corrected chi connectivity index (χ1v) is 7.76. The quantitative estimate of drug-likeness (QED) is 0.424. The Bertz CT molecular complexity index is 686. The molecule has 0 aliphatic rings. The van der Waals surface area contributed by atoms with Crippen molar-refractivity contribution in [2.24, 2.45) is 4.99 Å². The molecule has 0 bridgehead atoms. The van der Waals surface area contributed by atoms with Gasteiger partial charge in [-0.1, -0.05) is 36.4 Å². The summed E-state index contributed by atoms with van der Waals surface area (Å²) in [6.45, 7) is 5.58. The number of halogens is 1. The van der Waals surface area contributed by atoms with E-state index in [1.165, 1.54) is 16.7 Å². The molecule has 0 fully saturated rings. The highest BCUT2D eigenvalue weighted by Crippen LogP contribution is 2.19. The fourth-order valence-electron chi connectivity index (χ4n) is 2.38. The topological polar surface area (TPSA) is 45.7 Å². The minimum absolute atomic E-state index is 0. The zero-order chi connectivity index (χ0) is 16.7. The molecule has 0 radical (unpaired) electrons. The predicted octanol–water partition coefficient (Wildman–Crippen LogP) is 3.80. The van der Waals surface area contributed by atoms with E-state index in [1.807, 2.05) is 6.07 Å². The number of aliphatic imine (C=N–C) groups is 1. The molecule has 2 aromatic rings. The van der Waals surface area contributed by atoms with E-state index in [4.69, 9.17) is 4.74 Å². The van der Waals surface area contributed by atoms with Crippen LogP contribution in [0.2, 0.25) is 0 Å². The third kappa shape index (κ3) is 5.70. The number of hydrogen-bond donors (Lipinski definition) is 2. The number of benzene rings is 2. The van der Waals surface area contributed by atoms with Gasteiger partial charge in [0.25, 0.3) is 0 Å². The summed E-state index contributed by atoms with van der Waals surface area (Å²) in [5.41, 5.74) is 4.84. The van der Waals surface area contributed by atoms with E-state index in [2.05, 4.69) is 65.9 Å². The van der Waals surface area contributed by atoms with E-state index in [0.29, 0.717) is 6.54 Å². The molecular weight excluding hydrogens is 413 g/mol. The molecule has 2 aromatic carbocycles. The molecule has 24 heavy (non-hydrogen) atoms. The molecule has 0 aliphatic carbocycles. The normalized spacial score (nSPS) is 10.8. The summed E-state index contributed by atoms with van der Waals surface area (Å²) in [6.07, 6.45) is 0. The Morgan fingerprint density at radius 1 is 1.00 bits per heavy atom. The molecule has 4 nitrogen and oxygen atoms in total. The van der Waals surface area contributed by atoms with Gasteiger partial charge in [-0.3, -0.25) is 4.99 Å². The molecule has 0 unspecified atom stereocenters. The lowest BCUT2D eigenvalue weighted by molar-refractivity contribution is 0.408. The third-order valence-electron chi connectivity index (χ3n) is 3.82. The maximum absolute atomic E-state index is 5.44. The highest BCUT2D eigenvalue weighted by atomic mass is 127. The summed E-state index contributed by atoms with van der Waals surface area (Å²) < 4.78 is 5.44. The van der Waals surface area contributed by atoms with Gasteiger partial charge in [0.2, 0.25) is 0 Å². The van der Waals surface area contributed by atoms with Crippen molar-refractivity contribution in [1.82, 2.24) is 10.6 Å². The summed E-state index contributed by atoms with van der Waals surface area (Å²) in [5.74, 6) is 1.67. The van der Waals surface area contributed by atoms with Crippen molar-refractivity contribution in [3.05, 3.63) is 64.7 Å². The zero-order valence-corrected chi connectivity index (χ0v) is 17.0. The lowest BCUT2D eigenvalue weighted by Crippen LogP contribution is -2.36. The Kier molecular flexibility index (Phi) is 8.60. The van der Waals surface area contributed by atoms with Crippen molar-refractivity contribution in [2.45, 2.75) is 26.9 Å². The van der Waals surface area contributed by atoms with Gasteiger partial charge in [-0.15, -0.1) is 24.0 Å². The van der Waals surface area contributed by atoms with Crippen LogP contribution in [0.1, 0.15) is 22.3 Å². The minimum Gasteiger partial charge on any atom is -0.496 e. The van der Waals surface area contributed by atoms with Gasteiger partial charge in [0.1, 0.15) is 5.75 Å². The number of ether oxygens (including phenoxy) is 1. The zero-order valence-electron chi connectivity index (χ0n) is 14.7. The van der Waals surface area contributed by atoms with E-state index < -0.39 is 0 Å². The van der Waals surface area contributed by atoms with Crippen molar-refractivity contribution >= 4 is 29.9 Å². The lowest BCUT2D eigenvalue weighted by Gasteiger charge is -2.15. The van der Waals surface area contributed by atoms with Crippen LogP contribution in [0.3, 0.4) is 0 Å². The van der Waals surface area contributed by atoms with Gasteiger partial charge in [-0.25, -0.2) is 0 Å². The van der Waals surface area contributed by atoms with Crippen LogP contribution in [-0.2, 0) is 13.1 Å². The molecule has 0 saturated heterocycles. The fraction of sp³-hybridized carbons (Fsp3) is 0.316. The maximum Gasteiger partial charge on any atom is 0.191 e. The van der Waals surface area contributed by atoms with Crippen LogP contribution in [0.4, 0.5) is 0 Å². The predicted molar refractivity (Wildman–Crippen MR) is 111 cm³/mol. The Morgan fingerprint density at radius 3 is 2.29 bits per heavy atom. The Morgan fingerprint density at radius 2 is 1.67 bits per heavy atom. The molecule has 0 atom stereocenters. The first kappa shape index (κ1) is 20.3. The summed E-state index contributed by atoms with van der Waals surface area (Å²) in [7, 11) is 3.48. The number of methoxy groups -OCH3 is 1. The smallest absolute Gasteiger partial charge is 0.191 e. The largest absolute Gasteiger partial charge is 0.496 e. The average Bonchev–Trinajstić information content (AvgIpc) is 2.57. The fourth-order valence-corrected chi connectivity index (χ4v) is 2.38. The molecule has 2 rings (SSSR count). The van der Waals surface area contributed by atoms with Crippen molar-refractivity contribution < 1.29 is 4.74 Å². The highest BCUT2D eigenvalue weighted by molar-refractivity contribution is 14.0. The maximum atomic E-state index is 5.44. The molecule has 0 heterocycles. The molecular formula is C19H26IN3O. The number of aryl methyl sites for hydroxylation is 2. The second-order valence-corrected chi connectivity index (χ2v) is 5.52. The average molecular weight is 439 g/mol. The van der Waals surface area contributed by atoms with Gasteiger partial charge in [-0.05, 0) is 36.6 Å². The summed E-state index contributed by atoms with van der Waals surface area (Å²) in [5, 5.41) is 6.67. The van der Waals surface area contributed by atoms with E-state index >= 15 is 0 Å². The third-order valence-corrected chi connectivity index (χ3v) is 3.82. The molecule has 0 aliphatic heterocycles. The summed E-state index contributed by atoms with van der Waals surface area (Å²) >= 11 is 0. The molecule has 5 heteroatoms. The Balaban J connectivity index is 0.00000288. The van der Waals surface area contributed by atoms with Crippen molar-refractivity contribution in [3.8, 4) is 5.75 Å². The van der Waals surface area contributed by atoms with Crippen LogP contribution < -0.4 is 15.4 Å². The number of rotatable bonds is 5. The number of nitrogens with zero attached hydrogens (tertiary/aromatic N) is 1. The first-order valence-electron chi connectivity index (χ1n) is 7.76. The number of hydrogen-bond acceptors (Lipinski definition) is 2. The van der Waals surface area contributed by atoms with Gasteiger partial charge >= 0.3 is 0 Å². The van der Waals surface area contributed by atoms with E-state index in [-0.39, 0.29) is 24.0 Å². The van der Waals surface area contributed by atoms with Crippen molar-refractivity contribution in [2.75, 3.05) is 14.2 Å². The first-order chi connectivity index (χ1) is 11.1.